The molecule has 7 nitrogen and oxygen atoms in total. The first-order chi connectivity index (χ1) is 15.4. The van der Waals surface area contributed by atoms with Crippen molar-refractivity contribution >= 4 is 58.2 Å². The lowest BCUT2D eigenvalue weighted by molar-refractivity contribution is -0.116. The van der Waals surface area contributed by atoms with Crippen molar-refractivity contribution < 1.29 is 9.59 Å². The van der Waals surface area contributed by atoms with Crippen LogP contribution < -0.4 is 10.6 Å². The molecule has 1 aromatic heterocycles. The second-order valence-electron chi connectivity index (χ2n) is 6.80. The molecule has 3 aromatic rings. The highest BCUT2D eigenvalue weighted by Crippen LogP contribution is 2.26. The zero-order chi connectivity index (χ0) is 23.1. The van der Waals surface area contributed by atoms with Gasteiger partial charge in [-0.15, -0.1) is 16.8 Å². The Bertz CT molecular complexity index is 1150. The molecule has 0 unspecified atom stereocenters. The number of halogens is 2. The molecule has 0 saturated carbocycles. The topological polar surface area (TPSA) is 88.9 Å². The van der Waals surface area contributed by atoms with Gasteiger partial charge in [-0.1, -0.05) is 59.2 Å². The number of nitrogens with zero attached hydrogens (tertiary/aromatic N) is 3. The van der Waals surface area contributed by atoms with Crippen LogP contribution >= 0.6 is 35.0 Å². The van der Waals surface area contributed by atoms with E-state index in [-0.39, 0.29) is 24.0 Å². The predicted molar refractivity (Wildman–Crippen MR) is 130 cm³/mol. The summed E-state index contributed by atoms with van der Waals surface area (Å²) in [6.07, 6.45) is 1.73. The highest BCUT2D eigenvalue weighted by Gasteiger charge is 2.17. The molecule has 0 spiro atoms. The van der Waals surface area contributed by atoms with Gasteiger partial charge >= 0.3 is 0 Å². The number of rotatable bonds is 9. The third-order valence-electron chi connectivity index (χ3n) is 4.38. The van der Waals surface area contributed by atoms with Crippen LogP contribution in [0.1, 0.15) is 11.4 Å². The normalized spacial score (nSPS) is 10.6. The lowest BCUT2D eigenvalue weighted by atomic mass is 10.2. The Morgan fingerprint density at radius 1 is 1.09 bits per heavy atom. The summed E-state index contributed by atoms with van der Waals surface area (Å²) in [6, 6.07) is 12.4. The van der Waals surface area contributed by atoms with E-state index in [1.165, 1.54) is 11.8 Å². The first-order valence-corrected chi connectivity index (χ1v) is 11.4. The van der Waals surface area contributed by atoms with Crippen LogP contribution in [-0.4, -0.2) is 32.3 Å². The van der Waals surface area contributed by atoms with Crippen LogP contribution in [0.3, 0.4) is 0 Å². The quantitative estimate of drug-likeness (QED) is 0.326. The Kier molecular flexibility index (Phi) is 8.33. The van der Waals surface area contributed by atoms with Gasteiger partial charge in [-0.3, -0.25) is 9.59 Å². The summed E-state index contributed by atoms with van der Waals surface area (Å²) < 4.78 is 1.76. The molecule has 2 aromatic carbocycles. The van der Waals surface area contributed by atoms with Crippen LogP contribution in [0.4, 0.5) is 11.4 Å². The standard InChI is InChI=1S/C22H21Cl2N5O2S/c1-3-10-29-19(12-20(30)25-17-7-5-4-6-14(17)2)27-28-22(29)32-13-21(31)26-18-9-8-15(23)11-16(18)24/h3-9,11H,1,10,12-13H2,2H3,(H,25,30)(H,26,31). The van der Waals surface area contributed by atoms with Gasteiger partial charge in [0.05, 0.1) is 22.9 Å². The number of hydrogen-bond acceptors (Lipinski definition) is 5. The van der Waals surface area contributed by atoms with Gasteiger partial charge in [-0.05, 0) is 36.8 Å². The van der Waals surface area contributed by atoms with Crippen LogP contribution in [0.25, 0.3) is 0 Å². The summed E-state index contributed by atoms with van der Waals surface area (Å²) in [4.78, 5) is 24.9. The number of aromatic nitrogens is 3. The Morgan fingerprint density at radius 2 is 1.84 bits per heavy atom. The number of para-hydroxylation sites is 1. The van der Waals surface area contributed by atoms with Crippen LogP contribution in [0.15, 0.2) is 60.3 Å². The molecule has 0 fully saturated rings. The van der Waals surface area contributed by atoms with Gasteiger partial charge in [0.1, 0.15) is 5.82 Å². The molecular weight excluding hydrogens is 469 g/mol. The maximum Gasteiger partial charge on any atom is 0.234 e. The van der Waals surface area contributed by atoms with Crippen LogP contribution in [0.5, 0.6) is 0 Å². The summed E-state index contributed by atoms with van der Waals surface area (Å²) in [5.41, 5.74) is 2.19. The van der Waals surface area contributed by atoms with E-state index >= 15 is 0 Å². The summed E-state index contributed by atoms with van der Waals surface area (Å²) >= 11 is 13.2. The first-order valence-electron chi connectivity index (χ1n) is 9.63. The molecule has 1 heterocycles. The van der Waals surface area contributed by atoms with E-state index in [9.17, 15) is 9.59 Å². The molecule has 0 aliphatic heterocycles. The summed E-state index contributed by atoms with van der Waals surface area (Å²) in [5.74, 6) is 0.110. The van der Waals surface area contributed by atoms with E-state index in [0.29, 0.717) is 33.3 Å². The second-order valence-corrected chi connectivity index (χ2v) is 8.59. The largest absolute Gasteiger partial charge is 0.325 e. The van der Waals surface area contributed by atoms with Gasteiger partial charge in [-0.25, -0.2) is 0 Å². The van der Waals surface area contributed by atoms with Crippen molar-refractivity contribution in [2.45, 2.75) is 25.0 Å². The smallest absolute Gasteiger partial charge is 0.234 e. The van der Waals surface area contributed by atoms with E-state index in [1.54, 1.807) is 28.8 Å². The molecule has 0 radical (unpaired) electrons. The molecule has 32 heavy (non-hydrogen) atoms. The van der Waals surface area contributed by atoms with Crippen molar-refractivity contribution in [1.29, 1.82) is 0 Å². The molecule has 0 aliphatic rings. The fourth-order valence-electron chi connectivity index (χ4n) is 2.83. The predicted octanol–water partition coefficient (Wildman–Crippen LogP) is 4.99. The molecule has 0 atom stereocenters. The number of carbonyl (C=O) groups is 2. The van der Waals surface area contributed by atoms with Crippen molar-refractivity contribution in [2.24, 2.45) is 0 Å². The summed E-state index contributed by atoms with van der Waals surface area (Å²) in [7, 11) is 0. The third-order valence-corrected chi connectivity index (χ3v) is 5.90. The Balaban J connectivity index is 1.63. The highest BCUT2D eigenvalue weighted by atomic mass is 35.5. The number of carbonyl (C=O) groups excluding carboxylic acids is 2. The zero-order valence-corrected chi connectivity index (χ0v) is 19.6. The number of thioether (sulfide) groups is 1. The number of nitrogens with one attached hydrogen (secondary N) is 2. The SMILES string of the molecule is C=CCn1c(CC(=O)Nc2ccccc2C)nnc1SCC(=O)Nc1ccc(Cl)cc1Cl. The Labute approximate surface area is 200 Å². The van der Waals surface area contributed by atoms with Gasteiger partial charge in [0.15, 0.2) is 5.16 Å². The van der Waals surface area contributed by atoms with Crippen LogP contribution in [-0.2, 0) is 22.6 Å². The molecule has 0 aliphatic carbocycles. The van der Waals surface area contributed by atoms with E-state index in [0.717, 1.165) is 11.3 Å². The van der Waals surface area contributed by atoms with Gasteiger partial charge in [0.2, 0.25) is 11.8 Å². The summed E-state index contributed by atoms with van der Waals surface area (Å²) in [6.45, 7) is 6.09. The van der Waals surface area contributed by atoms with Crippen molar-refractivity contribution in [3.05, 3.63) is 76.6 Å². The molecule has 2 amide bonds. The van der Waals surface area contributed by atoms with E-state index < -0.39 is 0 Å². The average Bonchev–Trinajstić information content (AvgIpc) is 3.12. The van der Waals surface area contributed by atoms with E-state index in [4.69, 9.17) is 23.2 Å². The maximum absolute atomic E-state index is 12.5. The van der Waals surface area contributed by atoms with Gasteiger partial charge in [-0.2, -0.15) is 0 Å². The average molecular weight is 490 g/mol. The number of aryl methyl sites for hydroxylation is 1. The van der Waals surface area contributed by atoms with E-state index in [2.05, 4.69) is 27.4 Å². The van der Waals surface area contributed by atoms with Crippen LogP contribution in [0.2, 0.25) is 10.0 Å². The third kappa shape index (κ3) is 6.35. The molecule has 0 bridgehead atoms. The zero-order valence-electron chi connectivity index (χ0n) is 17.3. The molecule has 2 N–H and O–H groups in total. The van der Waals surface area contributed by atoms with Gasteiger partial charge in [0, 0.05) is 17.3 Å². The monoisotopic (exact) mass is 489 g/mol. The lowest BCUT2D eigenvalue weighted by Gasteiger charge is -2.10. The van der Waals surface area contributed by atoms with E-state index in [1.807, 2.05) is 31.2 Å². The fraction of sp³-hybridized carbons (Fsp3) is 0.182. The minimum absolute atomic E-state index is 0.0440. The Hall–Kier alpha value is -2.81. The first kappa shape index (κ1) is 23.8. The van der Waals surface area contributed by atoms with Crippen molar-refractivity contribution in [1.82, 2.24) is 14.8 Å². The van der Waals surface area contributed by atoms with Crippen LogP contribution in [0, 0.1) is 6.92 Å². The molecule has 3 rings (SSSR count). The van der Waals surface area contributed by atoms with Crippen molar-refractivity contribution in [3.63, 3.8) is 0 Å². The number of amides is 2. The van der Waals surface area contributed by atoms with Crippen molar-refractivity contribution in [2.75, 3.05) is 16.4 Å². The minimum Gasteiger partial charge on any atom is -0.325 e. The fourth-order valence-corrected chi connectivity index (χ4v) is 4.05. The number of benzene rings is 2. The molecule has 10 heteroatoms. The second kappa shape index (κ2) is 11.2. The highest BCUT2D eigenvalue weighted by molar-refractivity contribution is 7.99. The maximum atomic E-state index is 12.5. The van der Waals surface area contributed by atoms with Gasteiger partial charge < -0.3 is 15.2 Å². The minimum atomic E-state index is -0.258. The Morgan fingerprint density at radius 3 is 2.56 bits per heavy atom. The molecule has 0 saturated heterocycles. The van der Waals surface area contributed by atoms with Crippen molar-refractivity contribution in [3.8, 4) is 0 Å². The molecular formula is C22H21Cl2N5O2S. The lowest BCUT2D eigenvalue weighted by Crippen LogP contribution is -2.18. The summed E-state index contributed by atoms with van der Waals surface area (Å²) in [5, 5.41) is 15.3. The number of anilines is 2. The number of allylic oxidation sites excluding steroid dienone is 1. The van der Waals surface area contributed by atoms with Gasteiger partial charge in [0.25, 0.3) is 0 Å². The molecule has 166 valence electrons. The number of hydrogen-bond donors (Lipinski definition) is 2.